The number of nitrogens with one attached hydrogen (secondary N) is 2. The number of fused-ring (bicyclic) bond motifs is 1. The van der Waals surface area contributed by atoms with E-state index in [2.05, 4.69) is 0 Å². The molecule has 0 radical (unpaired) electrons. The van der Waals surface area contributed by atoms with Crippen LogP contribution in [-0.4, -0.2) is 44.5 Å². The molecule has 0 saturated heterocycles. The summed E-state index contributed by atoms with van der Waals surface area (Å²) in [6.45, 7) is -1.01. The zero-order chi connectivity index (χ0) is 19.6. The van der Waals surface area contributed by atoms with Crippen molar-refractivity contribution in [1.29, 1.82) is 0 Å². The predicted molar refractivity (Wildman–Crippen MR) is 88.4 cm³/mol. The highest BCUT2D eigenvalue weighted by Crippen LogP contribution is 2.34. The summed E-state index contributed by atoms with van der Waals surface area (Å²) >= 11 is 0. The van der Waals surface area contributed by atoms with Crippen LogP contribution < -0.4 is 19.9 Å². The highest BCUT2D eigenvalue weighted by atomic mass is 32.2. The number of nitrogens with zero attached hydrogens (tertiary/aromatic N) is 1. The molecule has 2 heterocycles. The lowest BCUT2D eigenvalue weighted by atomic mass is 10.2. The van der Waals surface area contributed by atoms with E-state index in [0.29, 0.717) is 0 Å². The summed E-state index contributed by atoms with van der Waals surface area (Å²) in [7, 11) is -4.21. The van der Waals surface area contributed by atoms with Crippen molar-refractivity contribution >= 4 is 33.5 Å². The number of carboxylic acid groups (broad SMARTS) is 1. The molecule has 0 aliphatic carbocycles. The third kappa shape index (κ3) is 3.91. The topological polar surface area (TPSA) is 155 Å². The van der Waals surface area contributed by atoms with Crippen LogP contribution in [0.25, 0.3) is 0 Å². The van der Waals surface area contributed by atoms with Crippen LogP contribution in [0.2, 0.25) is 0 Å². The van der Waals surface area contributed by atoms with E-state index in [4.69, 9.17) is 14.3 Å². The lowest BCUT2D eigenvalue weighted by Crippen LogP contribution is -2.43. The van der Waals surface area contributed by atoms with Crippen molar-refractivity contribution in [2.45, 2.75) is 4.90 Å². The Morgan fingerprint density at radius 1 is 1.26 bits per heavy atom. The van der Waals surface area contributed by atoms with E-state index < -0.39 is 34.4 Å². The molecule has 1 aliphatic heterocycles. The number of carbonyl (C=O) groups excluding carboxylic acids is 2. The number of hydrogen-bond donors (Lipinski definition) is 3. The summed E-state index contributed by atoms with van der Waals surface area (Å²) < 4.78 is 34.8. The zero-order valence-electron chi connectivity index (χ0n) is 13.5. The molecule has 142 valence electrons. The minimum absolute atomic E-state index is 0.00566. The summed E-state index contributed by atoms with van der Waals surface area (Å²) in [5.74, 6) is -2.65. The Morgan fingerprint density at radius 2 is 2.04 bits per heavy atom. The Bertz CT molecular complexity index is 1000. The van der Waals surface area contributed by atoms with Crippen LogP contribution in [-0.2, 0) is 19.6 Å². The summed E-state index contributed by atoms with van der Waals surface area (Å²) in [6, 6.07) is 6.36. The summed E-state index contributed by atoms with van der Waals surface area (Å²) in [5.41, 5.74) is 1.97. The Kier molecular flexibility index (Phi) is 4.83. The summed E-state index contributed by atoms with van der Waals surface area (Å²) in [6.07, 6.45) is 1.25. The molecule has 11 nitrogen and oxygen atoms in total. The number of hydrogen-bond acceptors (Lipinski definition) is 7. The van der Waals surface area contributed by atoms with E-state index >= 15 is 0 Å². The van der Waals surface area contributed by atoms with Gasteiger partial charge in [0.2, 0.25) is 0 Å². The number of ether oxygens (including phenoxy) is 1. The Balaban J connectivity index is 1.84. The maximum atomic E-state index is 12.4. The maximum absolute atomic E-state index is 12.4. The van der Waals surface area contributed by atoms with Crippen molar-refractivity contribution in [3.8, 4) is 5.75 Å². The molecule has 3 N–H and O–H groups in total. The first-order valence-electron chi connectivity index (χ1n) is 7.42. The molecule has 1 aliphatic rings. The van der Waals surface area contributed by atoms with Gasteiger partial charge in [0, 0.05) is 0 Å². The van der Waals surface area contributed by atoms with E-state index in [1.807, 2.05) is 10.3 Å². The lowest BCUT2D eigenvalue weighted by molar-refractivity contribution is -0.137. The van der Waals surface area contributed by atoms with Crippen molar-refractivity contribution < 1.29 is 37.1 Å². The van der Waals surface area contributed by atoms with Crippen LogP contribution in [0, 0.1) is 0 Å². The molecule has 2 aromatic rings. The van der Waals surface area contributed by atoms with Crippen LogP contribution in [0.4, 0.5) is 5.69 Å². The number of sulfonamides is 1. The van der Waals surface area contributed by atoms with E-state index in [9.17, 15) is 22.8 Å². The van der Waals surface area contributed by atoms with Gasteiger partial charge in [0.15, 0.2) is 12.4 Å². The predicted octanol–water partition coefficient (Wildman–Crippen LogP) is -0.287. The van der Waals surface area contributed by atoms with Gasteiger partial charge in [-0.1, -0.05) is 0 Å². The lowest BCUT2D eigenvalue weighted by Gasteiger charge is -2.28. The van der Waals surface area contributed by atoms with Crippen LogP contribution in [0.15, 0.2) is 45.9 Å². The Hall–Kier alpha value is -3.38. The van der Waals surface area contributed by atoms with Crippen LogP contribution in [0.1, 0.15) is 10.6 Å². The van der Waals surface area contributed by atoms with Gasteiger partial charge in [-0.05, 0) is 30.3 Å². The second-order valence-corrected chi connectivity index (χ2v) is 7.01. The molecule has 1 aromatic carbocycles. The number of benzene rings is 1. The standard InChI is InChI=1S/C15H13N3O8S/c19-13-8-26-11-4-3-9(6-10(11)18(13)7-14(20)21)27(23,24)17-16-15(22)12-2-1-5-25-12/h1-6,17H,7-8H2,(H,16,22)(H,20,21). The third-order valence-corrected chi connectivity index (χ3v) is 4.77. The third-order valence-electron chi connectivity index (χ3n) is 3.52. The Morgan fingerprint density at radius 3 is 2.70 bits per heavy atom. The van der Waals surface area contributed by atoms with Crippen molar-refractivity contribution in [3.05, 3.63) is 42.4 Å². The van der Waals surface area contributed by atoms with Gasteiger partial charge in [0.25, 0.3) is 15.9 Å². The van der Waals surface area contributed by atoms with Gasteiger partial charge in [-0.3, -0.25) is 24.7 Å². The number of amides is 2. The van der Waals surface area contributed by atoms with E-state index in [1.165, 1.54) is 30.5 Å². The molecule has 1 aromatic heterocycles. The average molecular weight is 395 g/mol. The van der Waals surface area contributed by atoms with Gasteiger partial charge in [0.05, 0.1) is 16.8 Å². The zero-order valence-corrected chi connectivity index (χ0v) is 14.4. The average Bonchev–Trinajstić information content (AvgIpc) is 3.16. The van der Waals surface area contributed by atoms with Gasteiger partial charge in [-0.2, -0.15) is 0 Å². The first-order valence-corrected chi connectivity index (χ1v) is 8.91. The quantitative estimate of drug-likeness (QED) is 0.564. The van der Waals surface area contributed by atoms with E-state index in [1.54, 1.807) is 0 Å². The smallest absolute Gasteiger partial charge is 0.323 e. The van der Waals surface area contributed by atoms with Gasteiger partial charge in [-0.15, -0.1) is 4.83 Å². The van der Waals surface area contributed by atoms with Gasteiger partial charge in [0.1, 0.15) is 12.3 Å². The minimum Gasteiger partial charge on any atom is -0.482 e. The largest absolute Gasteiger partial charge is 0.482 e. The molecular weight excluding hydrogens is 382 g/mol. The highest BCUT2D eigenvalue weighted by Gasteiger charge is 2.29. The van der Waals surface area contributed by atoms with Crippen molar-refractivity contribution in [3.63, 3.8) is 0 Å². The van der Waals surface area contributed by atoms with Crippen LogP contribution >= 0.6 is 0 Å². The molecule has 27 heavy (non-hydrogen) atoms. The van der Waals surface area contributed by atoms with Gasteiger partial charge >= 0.3 is 11.9 Å². The van der Waals surface area contributed by atoms with E-state index in [0.717, 1.165) is 11.0 Å². The molecular formula is C15H13N3O8S. The van der Waals surface area contributed by atoms with Crippen molar-refractivity contribution in [1.82, 2.24) is 10.3 Å². The normalized spacial score (nSPS) is 13.6. The fraction of sp³-hybridized carbons (Fsp3) is 0.133. The number of hydrazine groups is 1. The van der Waals surface area contributed by atoms with Gasteiger partial charge < -0.3 is 14.3 Å². The highest BCUT2D eigenvalue weighted by molar-refractivity contribution is 7.89. The monoisotopic (exact) mass is 395 g/mol. The first-order chi connectivity index (χ1) is 12.8. The number of anilines is 1. The summed E-state index contributed by atoms with van der Waals surface area (Å²) in [5, 5.41) is 8.95. The maximum Gasteiger partial charge on any atom is 0.323 e. The molecule has 0 unspecified atom stereocenters. The number of furan rings is 1. The molecule has 0 atom stereocenters. The molecule has 0 spiro atoms. The van der Waals surface area contributed by atoms with Crippen molar-refractivity contribution in [2.24, 2.45) is 0 Å². The van der Waals surface area contributed by atoms with Crippen molar-refractivity contribution in [2.75, 3.05) is 18.1 Å². The Labute approximate surface area is 152 Å². The number of carbonyl (C=O) groups is 3. The first kappa shape index (κ1) is 18.4. The minimum atomic E-state index is -4.21. The van der Waals surface area contributed by atoms with Crippen LogP contribution in [0.5, 0.6) is 5.75 Å². The molecule has 0 bridgehead atoms. The summed E-state index contributed by atoms with van der Waals surface area (Å²) in [4.78, 5) is 37.1. The molecule has 2 amide bonds. The number of aliphatic carboxylic acids is 1. The SMILES string of the molecule is O=C(O)CN1C(=O)COc2ccc(S(=O)(=O)NNC(=O)c3ccco3)cc21. The molecule has 12 heteroatoms. The molecule has 0 saturated carbocycles. The van der Waals surface area contributed by atoms with Gasteiger partial charge in [-0.25, -0.2) is 8.42 Å². The van der Waals surface area contributed by atoms with E-state index in [-0.39, 0.29) is 28.7 Å². The van der Waals surface area contributed by atoms with Crippen LogP contribution in [0.3, 0.4) is 0 Å². The molecule has 3 rings (SSSR count). The second kappa shape index (κ2) is 7.09. The fourth-order valence-corrected chi connectivity index (χ4v) is 3.16. The molecule has 0 fully saturated rings. The fourth-order valence-electron chi connectivity index (χ4n) is 2.30. The number of rotatable bonds is 6. The second-order valence-electron chi connectivity index (χ2n) is 5.33. The number of carboxylic acids is 1.